The van der Waals surface area contributed by atoms with Crippen molar-refractivity contribution in [2.75, 3.05) is 6.61 Å². The highest BCUT2D eigenvalue weighted by Gasteiger charge is 2.51. The average molecular weight is 347 g/mol. The number of esters is 1. The van der Waals surface area contributed by atoms with Crippen LogP contribution in [0, 0.1) is 16.7 Å². The molecule has 2 atom stereocenters. The molecule has 0 aliphatic heterocycles. The summed E-state index contributed by atoms with van der Waals surface area (Å²) in [5, 5.41) is 0. The lowest BCUT2D eigenvalue weighted by Gasteiger charge is -2.54. The summed E-state index contributed by atoms with van der Waals surface area (Å²) in [6.45, 7) is 13.2. The number of Topliss-reactive ketones (excluding diaryl/α,β-unsaturated/α-hetero) is 1. The minimum Gasteiger partial charge on any atom is -0.463 e. The predicted octanol–water partition coefficient (Wildman–Crippen LogP) is 5.40. The number of fused-ring (bicyclic) bond motifs is 1. The van der Waals surface area contributed by atoms with E-state index >= 15 is 0 Å². The molecule has 1 fully saturated rings. The van der Waals surface area contributed by atoms with Gasteiger partial charge in [0.2, 0.25) is 0 Å². The minimum absolute atomic E-state index is 0.115. The third-order valence-electron chi connectivity index (χ3n) is 6.60. The molecule has 2 aliphatic carbocycles. The van der Waals surface area contributed by atoms with Gasteiger partial charge in [0.05, 0.1) is 6.61 Å². The maximum atomic E-state index is 12.7. The Balaban J connectivity index is 2.24. The lowest BCUT2D eigenvalue weighted by molar-refractivity contribution is -0.137. The van der Waals surface area contributed by atoms with Crippen LogP contribution in [0.1, 0.15) is 80.1 Å². The standard InChI is InChI=1S/C22H34O3/c1-7-25-20(24)13-15(2)9-10-17-16(3)18(23)14-19-21(4,5)11-8-12-22(17,19)6/h13,19H,7-12,14H2,1-6H3/b15-13+/t19-,22+/m0/s1. The molecule has 3 nitrogen and oxygen atoms in total. The van der Waals surface area contributed by atoms with Crippen LogP contribution in [0.15, 0.2) is 22.8 Å². The molecule has 140 valence electrons. The van der Waals surface area contributed by atoms with Crippen LogP contribution in [-0.4, -0.2) is 18.4 Å². The van der Waals surface area contributed by atoms with E-state index in [0.717, 1.165) is 24.0 Å². The second-order valence-corrected chi connectivity index (χ2v) is 8.79. The van der Waals surface area contributed by atoms with Gasteiger partial charge in [0, 0.05) is 12.5 Å². The summed E-state index contributed by atoms with van der Waals surface area (Å²) < 4.78 is 4.99. The van der Waals surface area contributed by atoms with Crippen molar-refractivity contribution in [3.05, 3.63) is 22.8 Å². The van der Waals surface area contributed by atoms with Gasteiger partial charge in [-0.1, -0.05) is 38.3 Å². The molecule has 0 amide bonds. The quantitative estimate of drug-likeness (QED) is 0.494. The van der Waals surface area contributed by atoms with Gasteiger partial charge < -0.3 is 4.74 Å². The predicted molar refractivity (Wildman–Crippen MR) is 101 cm³/mol. The number of ether oxygens (including phenoxy) is 1. The maximum Gasteiger partial charge on any atom is 0.330 e. The van der Waals surface area contributed by atoms with Crippen LogP contribution in [0.5, 0.6) is 0 Å². The molecule has 25 heavy (non-hydrogen) atoms. The van der Waals surface area contributed by atoms with Crippen molar-refractivity contribution >= 4 is 11.8 Å². The zero-order valence-electron chi connectivity index (χ0n) is 16.8. The molecule has 3 heteroatoms. The van der Waals surface area contributed by atoms with Crippen LogP contribution < -0.4 is 0 Å². The van der Waals surface area contributed by atoms with E-state index < -0.39 is 0 Å². The van der Waals surface area contributed by atoms with Crippen molar-refractivity contribution in [1.29, 1.82) is 0 Å². The fraction of sp³-hybridized carbons (Fsp3) is 0.727. The molecule has 0 aromatic carbocycles. The Kier molecular flexibility index (Phi) is 5.96. The van der Waals surface area contributed by atoms with E-state index in [1.54, 1.807) is 6.08 Å². The number of ketones is 1. The first-order valence-electron chi connectivity index (χ1n) is 9.69. The van der Waals surface area contributed by atoms with Crippen LogP contribution in [0.3, 0.4) is 0 Å². The summed E-state index contributed by atoms with van der Waals surface area (Å²) in [6, 6.07) is 0. The first kappa shape index (κ1) is 19.9. The lowest BCUT2D eigenvalue weighted by Crippen LogP contribution is -2.47. The number of hydrogen-bond acceptors (Lipinski definition) is 3. The highest BCUT2D eigenvalue weighted by molar-refractivity contribution is 5.97. The van der Waals surface area contributed by atoms with Crippen molar-refractivity contribution in [2.45, 2.75) is 80.1 Å². The highest BCUT2D eigenvalue weighted by atomic mass is 16.5. The summed E-state index contributed by atoms with van der Waals surface area (Å²) in [6.07, 6.45) is 7.55. The summed E-state index contributed by atoms with van der Waals surface area (Å²) in [5.74, 6) is 0.474. The van der Waals surface area contributed by atoms with Gasteiger partial charge in [-0.25, -0.2) is 4.79 Å². The third-order valence-corrected chi connectivity index (χ3v) is 6.60. The smallest absolute Gasteiger partial charge is 0.330 e. The van der Waals surface area contributed by atoms with Crippen LogP contribution >= 0.6 is 0 Å². The molecule has 0 saturated heterocycles. The van der Waals surface area contributed by atoms with E-state index in [2.05, 4.69) is 20.8 Å². The van der Waals surface area contributed by atoms with Crippen molar-refractivity contribution in [1.82, 2.24) is 0 Å². The fourth-order valence-corrected chi connectivity index (χ4v) is 5.17. The third kappa shape index (κ3) is 4.07. The first-order chi connectivity index (χ1) is 11.6. The van der Waals surface area contributed by atoms with Crippen LogP contribution in [0.2, 0.25) is 0 Å². The van der Waals surface area contributed by atoms with Gasteiger partial charge >= 0.3 is 5.97 Å². The van der Waals surface area contributed by atoms with Crippen molar-refractivity contribution < 1.29 is 14.3 Å². The largest absolute Gasteiger partial charge is 0.463 e. The van der Waals surface area contributed by atoms with E-state index in [9.17, 15) is 9.59 Å². The zero-order valence-corrected chi connectivity index (χ0v) is 16.8. The Labute approximate surface area is 152 Å². The number of carbonyl (C=O) groups is 2. The van der Waals surface area contributed by atoms with Gasteiger partial charge in [-0.05, 0) is 68.8 Å². The fourth-order valence-electron chi connectivity index (χ4n) is 5.17. The minimum atomic E-state index is -0.270. The number of hydrogen-bond donors (Lipinski definition) is 0. The molecule has 2 rings (SSSR count). The molecule has 2 aliphatic rings. The van der Waals surface area contributed by atoms with Crippen molar-refractivity contribution in [3.8, 4) is 0 Å². The zero-order chi connectivity index (χ0) is 18.8. The second-order valence-electron chi connectivity index (χ2n) is 8.79. The van der Waals surface area contributed by atoms with E-state index in [0.29, 0.717) is 24.7 Å². The maximum absolute atomic E-state index is 12.7. The van der Waals surface area contributed by atoms with Gasteiger partial charge in [0.1, 0.15) is 0 Å². The van der Waals surface area contributed by atoms with E-state index in [1.165, 1.54) is 24.8 Å². The van der Waals surface area contributed by atoms with Crippen molar-refractivity contribution in [3.63, 3.8) is 0 Å². The molecule has 0 unspecified atom stereocenters. The summed E-state index contributed by atoms with van der Waals surface area (Å²) in [7, 11) is 0. The normalized spacial score (nSPS) is 29.4. The van der Waals surface area contributed by atoms with Gasteiger partial charge in [0.25, 0.3) is 0 Å². The number of allylic oxidation sites excluding steroid dienone is 3. The molecule has 0 aromatic heterocycles. The summed E-state index contributed by atoms with van der Waals surface area (Å²) in [4.78, 5) is 24.3. The Morgan fingerprint density at radius 3 is 2.60 bits per heavy atom. The topological polar surface area (TPSA) is 43.4 Å². The van der Waals surface area contributed by atoms with Crippen LogP contribution in [0.4, 0.5) is 0 Å². The number of carbonyl (C=O) groups excluding carboxylic acids is 2. The molecule has 0 spiro atoms. The molecule has 0 heterocycles. The first-order valence-corrected chi connectivity index (χ1v) is 9.69. The Morgan fingerprint density at radius 1 is 1.28 bits per heavy atom. The Bertz CT molecular complexity index is 609. The molecule has 0 aromatic rings. The number of rotatable bonds is 5. The van der Waals surface area contributed by atoms with E-state index in [-0.39, 0.29) is 16.8 Å². The summed E-state index contributed by atoms with van der Waals surface area (Å²) in [5.41, 5.74) is 3.65. The Morgan fingerprint density at radius 2 is 1.96 bits per heavy atom. The molecule has 1 saturated carbocycles. The second kappa shape index (κ2) is 7.47. The van der Waals surface area contributed by atoms with E-state index in [4.69, 9.17) is 4.74 Å². The van der Waals surface area contributed by atoms with Crippen molar-refractivity contribution in [2.24, 2.45) is 16.7 Å². The molecule has 0 radical (unpaired) electrons. The lowest BCUT2D eigenvalue weighted by atomic mass is 9.49. The SMILES string of the molecule is CCOC(=O)/C=C(\C)CCC1=C(C)C(=O)C[C@H]2C(C)(C)CCC[C@]12C. The van der Waals surface area contributed by atoms with Gasteiger partial charge in [-0.3, -0.25) is 4.79 Å². The highest BCUT2D eigenvalue weighted by Crippen LogP contribution is 2.59. The molecule has 0 bridgehead atoms. The monoisotopic (exact) mass is 346 g/mol. The Hall–Kier alpha value is -1.38. The van der Waals surface area contributed by atoms with Gasteiger partial charge in [-0.2, -0.15) is 0 Å². The summed E-state index contributed by atoms with van der Waals surface area (Å²) >= 11 is 0. The molecule has 0 N–H and O–H groups in total. The van der Waals surface area contributed by atoms with E-state index in [1.807, 2.05) is 20.8 Å². The van der Waals surface area contributed by atoms with Gasteiger partial charge in [0.15, 0.2) is 5.78 Å². The molecular formula is C22H34O3. The molecular weight excluding hydrogens is 312 g/mol. The van der Waals surface area contributed by atoms with Crippen LogP contribution in [-0.2, 0) is 14.3 Å². The van der Waals surface area contributed by atoms with Gasteiger partial charge in [-0.15, -0.1) is 0 Å². The van der Waals surface area contributed by atoms with Crippen LogP contribution in [0.25, 0.3) is 0 Å². The average Bonchev–Trinajstić information content (AvgIpc) is 2.49.